The number of aryl methyl sites for hydroxylation is 1. The molecule has 2 amide bonds. The van der Waals surface area contributed by atoms with Gasteiger partial charge in [-0.15, -0.1) is 0 Å². The molecular formula is C29H25FN6O2. The van der Waals surface area contributed by atoms with E-state index in [2.05, 4.69) is 25.6 Å². The molecule has 2 aliphatic carbocycles. The minimum absolute atomic E-state index is 0.0231. The third-order valence-corrected chi connectivity index (χ3v) is 6.75. The number of benzene rings is 1. The van der Waals surface area contributed by atoms with Gasteiger partial charge in [-0.1, -0.05) is 0 Å². The Balaban J connectivity index is 1.26. The Morgan fingerprint density at radius 1 is 0.895 bits per heavy atom. The molecule has 2 fully saturated rings. The molecule has 0 unspecified atom stereocenters. The molecule has 4 aromatic rings. The van der Waals surface area contributed by atoms with E-state index in [4.69, 9.17) is 4.98 Å². The number of pyridine rings is 2. The molecule has 1 aromatic carbocycles. The Morgan fingerprint density at radius 3 is 2.47 bits per heavy atom. The maximum absolute atomic E-state index is 14.9. The van der Waals surface area contributed by atoms with Crippen LogP contribution >= 0.6 is 0 Å². The standard InChI is InChI=1S/C29H25FN6O2/c1-16-12-22(30)25(35-29(38)20-7-9-31-24(13-20)17-2-3-17)15-21(16)27-33-11-8-23(34-27)19-6-10-32-26(14-19)36-28(37)18-4-5-18/h6-15,17-18H,2-5H2,1H3,(H,35,38)(H,32,36,37). The Morgan fingerprint density at radius 2 is 1.68 bits per heavy atom. The van der Waals surface area contributed by atoms with Gasteiger partial charge < -0.3 is 10.6 Å². The van der Waals surface area contributed by atoms with Crippen molar-refractivity contribution in [2.45, 2.75) is 38.5 Å². The molecule has 6 rings (SSSR count). The normalized spacial score (nSPS) is 14.7. The number of aromatic nitrogens is 4. The Labute approximate surface area is 218 Å². The molecule has 0 spiro atoms. The van der Waals surface area contributed by atoms with E-state index in [0.29, 0.717) is 39.9 Å². The fraction of sp³-hybridized carbons (Fsp3) is 0.241. The minimum atomic E-state index is -0.544. The third-order valence-electron chi connectivity index (χ3n) is 6.75. The first-order valence-corrected chi connectivity index (χ1v) is 12.6. The zero-order chi connectivity index (χ0) is 26.2. The zero-order valence-corrected chi connectivity index (χ0v) is 20.7. The number of nitrogens with one attached hydrogen (secondary N) is 2. The van der Waals surface area contributed by atoms with Crippen LogP contribution in [0.5, 0.6) is 0 Å². The van der Waals surface area contributed by atoms with Crippen molar-refractivity contribution in [1.82, 2.24) is 19.9 Å². The topological polar surface area (TPSA) is 110 Å². The highest BCUT2D eigenvalue weighted by atomic mass is 19.1. The lowest BCUT2D eigenvalue weighted by atomic mass is 10.1. The van der Waals surface area contributed by atoms with Crippen LogP contribution in [0.15, 0.2) is 61.1 Å². The summed E-state index contributed by atoms with van der Waals surface area (Å²) in [7, 11) is 0. The van der Waals surface area contributed by atoms with Crippen molar-refractivity contribution < 1.29 is 14.0 Å². The van der Waals surface area contributed by atoms with Crippen LogP contribution in [0.2, 0.25) is 0 Å². The second kappa shape index (κ2) is 9.74. The van der Waals surface area contributed by atoms with E-state index >= 15 is 0 Å². The summed E-state index contributed by atoms with van der Waals surface area (Å²) in [5.74, 6) is 0.346. The molecule has 38 heavy (non-hydrogen) atoms. The van der Waals surface area contributed by atoms with Crippen LogP contribution in [0.25, 0.3) is 22.6 Å². The summed E-state index contributed by atoms with van der Waals surface area (Å²) >= 11 is 0. The number of carbonyl (C=O) groups excluding carboxylic acids is 2. The maximum atomic E-state index is 14.9. The van der Waals surface area contributed by atoms with Crippen molar-refractivity contribution in [3.05, 3.63) is 83.7 Å². The van der Waals surface area contributed by atoms with E-state index in [1.54, 1.807) is 61.9 Å². The third kappa shape index (κ3) is 5.13. The van der Waals surface area contributed by atoms with Crippen molar-refractivity contribution in [3.63, 3.8) is 0 Å². The van der Waals surface area contributed by atoms with E-state index in [-0.39, 0.29) is 17.5 Å². The lowest BCUT2D eigenvalue weighted by molar-refractivity contribution is -0.117. The predicted molar refractivity (Wildman–Crippen MR) is 141 cm³/mol. The van der Waals surface area contributed by atoms with Gasteiger partial charge in [0.25, 0.3) is 5.91 Å². The van der Waals surface area contributed by atoms with Crippen molar-refractivity contribution in [1.29, 1.82) is 0 Å². The molecular weight excluding hydrogens is 483 g/mol. The molecule has 0 atom stereocenters. The molecule has 0 bridgehead atoms. The number of anilines is 2. The summed E-state index contributed by atoms with van der Waals surface area (Å²) in [6, 6.07) is 11.6. The number of rotatable bonds is 7. The molecule has 2 N–H and O–H groups in total. The molecule has 0 saturated heterocycles. The van der Waals surface area contributed by atoms with Gasteiger partial charge in [-0.25, -0.2) is 19.3 Å². The van der Waals surface area contributed by atoms with Crippen molar-refractivity contribution >= 4 is 23.3 Å². The largest absolute Gasteiger partial charge is 0.319 e. The second-order valence-electron chi connectivity index (χ2n) is 9.80. The average molecular weight is 509 g/mol. The maximum Gasteiger partial charge on any atom is 0.255 e. The molecule has 0 aliphatic heterocycles. The summed E-state index contributed by atoms with van der Waals surface area (Å²) in [5.41, 5.74) is 3.97. The van der Waals surface area contributed by atoms with Gasteiger partial charge in [-0.2, -0.15) is 0 Å². The summed E-state index contributed by atoms with van der Waals surface area (Å²) < 4.78 is 14.9. The monoisotopic (exact) mass is 508 g/mol. The van der Waals surface area contributed by atoms with Gasteiger partial charge >= 0.3 is 0 Å². The Kier molecular flexibility index (Phi) is 6.11. The highest BCUT2D eigenvalue weighted by molar-refractivity contribution is 6.04. The summed E-state index contributed by atoms with van der Waals surface area (Å²) in [6.07, 6.45) is 8.81. The van der Waals surface area contributed by atoms with E-state index < -0.39 is 11.7 Å². The molecule has 9 heteroatoms. The van der Waals surface area contributed by atoms with Gasteiger partial charge in [0.05, 0.1) is 11.4 Å². The van der Waals surface area contributed by atoms with Crippen molar-refractivity contribution in [2.24, 2.45) is 5.92 Å². The summed E-state index contributed by atoms with van der Waals surface area (Å²) in [6.45, 7) is 1.77. The summed E-state index contributed by atoms with van der Waals surface area (Å²) in [5, 5.41) is 5.54. The van der Waals surface area contributed by atoms with E-state index in [0.717, 1.165) is 36.9 Å². The number of carbonyl (C=O) groups is 2. The molecule has 0 radical (unpaired) electrons. The fourth-order valence-corrected chi connectivity index (χ4v) is 4.28. The Hall–Kier alpha value is -4.53. The number of hydrogen-bond donors (Lipinski definition) is 2. The average Bonchev–Trinajstić information content (AvgIpc) is 3.83. The fourth-order valence-electron chi connectivity index (χ4n) is 4.28. The molecule has 2 saturated carbocycles. The van der Waals surface area contributed by atoms with Crippen molar-refractivity contribution in [3.8, 4) is 22.6 Å². The van der Waals surface area contributed by atoms with Gasteiger partial charge in [0, 0.05) is 52.8 Å². The van der Waals surface area contributed by atoms with Crippen molar-refractivity contribution in [2.75, 3.05) is 10.6 Å². The van der Waals surface area contributed by atoms with Crippen LogP contribution in [0.3, 0.4) is 0 Å². The van der Waals surface area contributed by atoms with Crippen LogP contribution in [0.4, 0.5) is 15.9 Å². The van der Waals surface area contributed by atoms with Gasteiger partial charge in [-0.3, -0.25) is 14.6 Å². The Bertz CT molecular complexity index is 1560. The van der Waals surface area contributed by atoms with Crippen LogP contribution in [0.1, 0.15) is 53.2 Å². The van der Waals surface area contributed by atoms with Crippen LogP contribution in [-0.2, 0) is 4.79 Å². The van der Waals surface area contributed by atoms with Crippen LogP contribution in [-0.4, -0.2) is 31.8 Å². The second-order valence-corrected chi connectivity index (χ2v) is 9.80. The molecule has 8 nitrogen and oxygen atoms in total. The minimum Gasteiger partial charge on any atom is -0.319 e. The highest BCUT2D eigenvalue weighted by Gasteiger charge is 2.30. The number of nitrogens with zero attached hydrogens (tertiary/aromatic N) is 4. The zero-order valence-electron chi connectivity index (χ0n) is 20.7. The van der Waals surface area contributed by atoms with Gasteiger partial charge in [-0.05, 0) is 80.6 Å². The lowest BCUT2D eigenvalue weighted by Crippen LogP contribution is -2.14. The van der Waals surface area contributed by atoms with Crippen LogP contribution < -0.4 is 10.6 Å². The molecule has 190 valence electrons. The van der Waals surface area contributed by atoms with E-state index in [9.17, 15) is 14.0 Å². The molecule has 3 heterocycles. The van der Waals surface area contributed by atoms with Gasteiger partial charge in [0.1, 0.15) is 11.6 Å². The highest BCUT2D eigenvalue weighted by Crippen LogP contribution is 2.39. The first-order chi connectivity index (χ1) is 18.4. The molecule has 2 aliphatic rings. The SMILES string of the molecule is Cc1cc(F)c(NC(=O)c2ccnc(C3CC3)c2)cc1-c1nccc(-c2ccnc(NC(=O)C3CC3)c2)n1. The van der Waals surface area contributed by atoms with E-state index in [1.165, 1.54) is 6.07 Å². The summed E-state index contributed by atoms with van der Waals surface area (Å²) in [4.78, 5) is 42.7. The number of halogens is 1. The number of amides is 2. The van der Waals surface area contributed by atoms with E-state index in [1.807, 2.05) is 0 Å². The molecule has 3 aromatic heterocycles. The predicted octanol–water partition coefficient (Wildman–Crippen LogP) is 5.53. The lowest BCUT2D eigenvalue weighted by Gasteiger charge is -2.12. The van der Waals surface area contributed by atoms with Gasteiger partial charge in [0.15, 0.2) is 5.82 Å². The smallest absolute Gasteiger partial charge is 0.255 e. The number of hydrogen-bond acceptors (Lipinski definition) is 6. The quantitative estimate of drug-likeness (QED) is 0.340. The van der Waals surface area contributed by atoms with Crippen LogP contribution in [0, 0.1) is 18.7 Å². The first-order valence-electron chi connectivity index (χ1n) is 12.6. The first kappa shape index (κ1) is 23.8. The van der Waals surface area contributed by atoms with Gasteiger partial charge in [0.2, 0.25) is 5.91 Å².